The first-order valence-electron chi connectivity index (χ1n) is 6.99. The van der Waals surface area contributed by atoms with E-state index in [1.807, 2.05) is 6.92 Å². The van der Waals surface area contributed by atoms with Gasteiger partial charge in [-0.1, -0.05) is 13.8 Å². The Kier molecular flexibility index (Phi) is 4.65. The minimum absolute atomic E-state index is 0.120. The summed E-state index contributed by atoms with van der Waals surface area (Å²) < 4.78 is 28.6. The van der Waals surface area contributed by atoms with Crippen molar-refractivity contribution in [3.63, 3.8) is 0 Å². The van der Waals surface area contributed by atoms with Gasteiger partial charge in [-0.05, 0) is 61.8 Å². The lowest BCUT2D eigenvalue weighted by atomic mass is 9.80. The van der Waals surface area contributed by atoms with E-state index in [0.29, 0.717) is 5.92 Å². The summed E-state index contributed by atoms with van der Waals surface area (Å²) in [6.07, 6.45) is 3.51. The topological polar surface area (TPSA) is 43.4 Å². The van der Waals surface area contributed by atoms with E-state index in [4.69, 9.17) is 15.4 Å². The Morgan fingerprint density at radius 2 is 1.90 bits per heavy atom. The zero-order valence-corrected chi connectivity index (χ0v) is 13.7. The van der Waals surface area contributed by atoms with Crippen LogP contribution in [0.4, 0.5) is 0 Å². The fourth-order valence-corrected chi connectivity index (χ4v) is 3.53. The third-order valence-corrected chi connectivity index (χ3v) is 5.62. The first-order valence-corrected chi connectivity index (χ1v) is 9.30. The fourth-order valence-electron chi connectivity index (χ4n) is 2.69. The van der Waals surface area contributed by atoms with Gasteiger partial charge < -0.3 is 4.74 Å². The van der Waals surface area contributed by atoms with Crippen molar-refractivity contribution >= 4 is 19.7 Å². The van der Waals surface area contributed by atoms with Gasteiger partial charge in [0.2, 0.25) is 0 Å². The monoisotopic (exact) mass is 316 g/mol. The molecular weight excluding hydrogens is 296 g/mol. The predicted octanol–water partition coefficient (Wildman–Crippen LogP) is 4.13. The van der Waals surface area contributed by atoms with E-state index in [1.54, 1.807) is 12.1 Å². The van der Waals surface area contributed by atoms with Crippen molar-refractivity contribution in [1.29, 1.82) is 0 Å². The molecule has 3 atom stereocenters. The summed E-state index contributed by atoms with van der Waals surface area (Å²) in [5.41, 5.74) is 0.804. The number of hydrogen-bond acceptors (Lipinski definition) is 3. The Morgan fingerprint density at radius 1 is 1.20 bits per heavy atom. The van der Waals surface area contributed by atoms with Crippen LogP contribution in [-0.2, 0) is 9.05 Å². The lowest BCUT2D eigenvalue weighted by Crippen LogP contribution is -2.28. The highest BCUT2D eigenvalue weighted by Gasteiger charge is 2.26. The maximum atomic E-state index is 11.3. The third-order valence-electron chi connectivity index (χ3n) is 4.27. The molecule has 3 nitrogen and oxygen atoms in total. The molecule has 1 aliphatic rings. The maximum Gasteiger partial charge on any atom is 0.261 e. The number of benzene rings is 1. The molecule has 5 heteroatoms. The van der Waals surface area contributed by atoms with Crippen LogP contribution in [0.3, 0.4) is 0 Å². The van der Waals surface area contributed by atoms with Crippen LogP contribution in [0, 0.1) is 18.8 Å². The van der Waals surface area contributed by atoms with Crippen LogP contribution in [0.2, 0.25) is 0 Å². The van der Waals surface area contributed by atoms with Crippen LogP contribution in [0.25, 0.3) is 0 Å². The minimum Gasteiger partial charge on any atom is -0.490 e. The Labute approximate surface area is 125 Å². The molecular formula is C15H21ClO3S. The lowest BCUT2D eigenvalue weighted by Gasteiger charge is -2.32. The first-order chi connectivity index (χ1) is 9.27. The molecule has 1 saturated carbocycles. The lowest BCUT2D eigenvalue weighted by molar-refractivity contribution is 0.0999. The summed E-state index contributed by atoms with van der Waals surface area (Å²) >= 11 is 0. The molecule has 1 aromatic rings. The molecule has 0 radical (unpaired) electrons. The highest BCUT2D eigenvalue weighted by Crippen LogP contribution is 2.33. The van der Waals surface area contributed by atoms with Crippen LogP contribution >= 0.6 is 10.7 Å². The van der Waals surface area contributed by atoms with Crippen LogP contribution in [0.1, 0.15) is 38.7 Å². The van der Waals surface area contributed by atoms with Crippen molar-refractivity contribution in [2.24, 2.45) is 11.8 Å². The van der Waals surface area contributed by atoms with Gasteiger partial charge in [0, 0.05) is 10.7 Å². The normalized spacial score (nSPS) is 27.3. The van der Waals surface area contributed by atoms with E-state index in [9.17, 15) is 8.42 Å². The van der Waals surface area contributed by atoms with Gasteiger partial charge in [-0.3, -0.25) is 0 Å². The molecule has 1 aliphatic carbocycles. The molecule has 2 rings (SSSR count). The van der Waals surface area contributed by atoms with Gasteiger partial charge >= 0.3 is 0 Å². The van der Waals surface area contributed by atoms with E-state index in [1.165, 1.54) is 12.5 Å². The molecule has 112 valence electrons. The van der Waals surface area contributed by atoms with Gasteiger partial charge in [-0.2, -0.15) is 0 Å². The molecule has 0 bridgehead atoms. The van der Waals surface area contributed by atoms with Crippen LogP contribution in [0.15, 0.2) is 23.1 Å². The second-order valence-corrected chi connectivity index (χ2v) is 8.44. The Hall–Kier alpha value is -0.740. The zero-order valence-electron chi connectivity index (χ0n) is 12.1. The van der Waals surface area contributed by atoms with E-state index in [-0.39, 0.29) is 11.0 Å². The summed E-state index contributed by atoms with van der Waals surface area (Å²) in [5.74, 6) is 2.16. The summed E-state index contributed by atoms with van der Waals surface area (Å²) in [7, 11) is 1.67. The number of hydrogen-bond donors (Lipinski definition) is 0. The molecule has 0 spiro atoms. The molecule has 0 aliphatic heterocycles. The van der Waals surface area contributed by atoms with Crippen LogP contribution < -0.4 is 4.74 Å². The van der Waals surface area contributed by atoms with Gasteiger partial charge in [-0.15, -0.1) is 0 Å². The molecule has 0 heterocycles. The standard InChI is InChI=1S/C15H21ClO3S/c1-10-4-5-13(8-11(10)2)19-15-7-6-14(9-12(15)3)20(16,17)18/h6-7,9-11,13H,4-5,8H2,1-3H3. The second kappa shape index (κ2) is 5.94. The zero-order chi connectivity index (χ0) is 14.9. The quantitative estimate of drug-likeness (QED) is 0.788. The Morgan fingerprint density at radius 3 is 2.45 bits per heavy atom. The summed E-state index contributed by atoms with van der Waals surface area (Å²) in [4.78, 5) is 0.120. The number of ether oxygens (including phenoxy) is 1. The van der Waals surface area contributed by atoms with Gasteiger partial charge in [0.15, 0.2) is 0 Å². The highest BCUT2D eigenvalue weighted by atomic mass is 35.7. The Balaban J connectivity index is 2.11. The van der Waals surface area contributed by atoms with Crippen molar-refractivity contribution in [3.05, 3.63) is 23.8 Å². The maximum absolute atomic E-state index is 11.3. The third kappa shape index (κ3) is 3.67. The van der Waals surface area contributed by atoms with Crippen molar-refractivity contribution in [1.82, 2.24) is 0 Å². The second-order valence-electron chi connectivity index (χ2n) is 5.87. The molecule has 3 unspecified atom stereocenters. The van der Waals surface area contributed by atoms with Crippen LogP contribution in [-0.4, -0.2) is 14.5 Å². The highest BCUT2D eigenvalue weighted by molar-refractivity contribution is 8.13. The SMILES string of the molecule is Cc1cc(S(=O)(=O)Cl)ccc1OC1CCC(C)C(C)C1. The van der Waals surface area contributed by atoms with Crippen molar-refractivity contribution in [3.8, 4) is 5.75 Å². The minimum atomic E-state index is -3.67. The van der Waals surface area contributed by atoms with Crippen molar-refractivity contribution < 1.29 is 13.2 Å². The van der Waals surface area contributed by atoms with Gasteiger partial charge in [-0.25, -0.2) is 8.42 Å². The average Bonchev–Trinajstić information content (AvgIpc) is 2.35. The number of rotatable bonds is 3. The predicted molar refractivity (Wildman–Crippen MR) is 80.8 cm³/mol. The van der Waals surface area contributed by atoms with Crippen molar-refractivity contribution in [2.45, 2.75) is 51.0 Å². The van der Waals surface area contributed by atoms with Gasteiger partial charge in [0.05, 0.1) is 11.0 Å². The average molecular weight is 317 g/mol. The van der Waals surface area contributed by atoms with E-state index >= 15 is 0 Å². The van der Waals surface area contributed by atoms with Crippen molar-refractivity contribution in [2.75, 3.05) is 0 Å². The largest absolute Gasteiger partial charge is 0.490 e. The van der Waals surface area contributed by atoms with E-state index in [2.05, 4.69) is 13.8 Å². The van der Waals surface area contributed by atoms with Crippen LogP contribution in [0.5, 0.6) is 5.75 Å². The summed E-state index contributed by atoms with van der Waals surface area (Å²) in [6.45, 7) is 6.39. The smallest absolute Gasteiger partial charge is 0.261 e. The molecule has 1 aromatic carbocycles. The van der Waals surface area contributed by atoms with Gasteiger partial charge in [0.25, 0.3) is 9.05 Å². The number of aryl methyl sites for hydroxylation is 1. The van der Waals surface area contributed by atoms with E-state index in [0.717, 1.165) is 30.1 Å². The van der Waals surface area contributed by atoms with E-state index < -0.39 is 9.05 Å². The summed E-state index contributed by atoms with van der Waals surface area (Å²) in [5, 5.41) is 0. The molecule has 0 saturated heterocycles. The Bertz CT molecular complexity index is 583. The molecule has 0 N–H and O–H groups in total. The first kappa shape index (κ1) is 15.6. The van der Waals surface area contributed by atoms with Gasteiger partial charge in [0.1, 0.15) is 5.75 Å². The fraction of sp³-hybridized carbons (Fsp3) is 0.600. The molecule has 20 heavy (non-hydrogen) atoms. The molecule has 0 amide bonds. The molecule has 1 fully saturated rings. The summed E-state index contributed by atoms with van der Waals surface area (Å²) in [6, 6.07) is 4.76. The molecule has 0 aromatic heterocycles. The number of halogens is 1.